The minimum absolute atomic E-state index is 0.0712. The van der Waals surface area contributed by atoms with Crippen LogP contribution in [0.25, 0.3) is 22.0 Å². The van der Waals surface area contributed by atoms with Crippen molar-refractivity contribution in [1.29, 1.82) is 0 Å². The van der Waals surface area contributed by atoms with Crippen LogP contribution in [0.1, 0.15) is 18.4 Å². The van der Waals surface area contributed by atoms with E-state index in [1.54, 1.807) is 4.31 Å². The molecule has 1 atom stereocenters. The van der Waals surface area contributed by atoms with Crippen LogP contribution in [0.4, 0.5) is 0 Å². The topological polar surface area (TPSA) is 73.0 Å². The number of halogens is 1. The van der Waals surface area contributed by atoms with Crippen molar-refractivity contribution < 1.29 is 8.42 Å². The number of hydrogen-bond donors (Lipinski definition) is 0. The molecule has 2 aromatic heterocycles. The Bertz CT molecular complexity index is 1350. The van der Waals surface area contributed by atoms with Crippen molar-refractivity contribution in [2.75, 3.05) is 13.1 Å². The van der Waals surface area contributed by atoms with Crippen LogP contribution in [0.15, 0.2) is 67.1 Å². The quantitative estimate of drug-likeness (QED) is 0.225. The molecule has 0 radical (unpaired) electrons. The number of aromatic nitrogens is 4. The SMILES string of the molecule is O=S(=O)(Cc1ccccc1)N1CCC(Cn2ncc3cc(-c4cnn(PI)c4)ccc32)CC1. The summed E-state index contributed by atoms with van der Waals surface area (Å²) in [5, 5.41) is 10.1. The first-order chi connectivity index (χ1) is 16.0. The van der Waals surface area contributed by atoms with E-state index < -0.39 is 10.0 Å². The lowest BCUT2D eigenvalue weighted by Gasteiger charge is -2.31. The van der Waals surface area contributed by atoms with Crippen LogP contribution >= 0.6 is 28.4 Å². The molecule has 1 fully saturated rings. The van der Waals surface area contributed by atoms with Gasteiger partial charge in [-0.25, -0.2) is 17.2 Å². The Hall–Kier alpha value is -1.81. The van der Waals surface area contributed by atoms with Gasteiger partial charge in [0, 0.05) is 36.8 Å². The molecule has 0 bridgehead atoms. The minimum atomic E-state index is -3.28. The molecule has 0 spiro atoms. The molecule has 1 aliphatic heterocycles. The van der Waals surface area contributed by atoms with Gasteiger partial charge in [0.25, 0.3) is 0 Å². The van der Waals surface area contributed by atoms with Gasteiger partial charge in [-0.15, -0.1) is 0 Å². The Labute approximate surface area is 208 Å². The van der Waals surface area contributed by atoms with Crippen LogP contribution < -0.4 is 0 Å². The van der Waals surface area contributed by atoms with Gasteiger partial charge < -0.3 is 0 Å². The van der Waals surface area contributed by atoms with E-state index in [0.29, 0.717) is 25.4 Å². The predicted octanol–water partition coefficient (Wildman–Crippen LogP) is 4.93. The molecular weight excluding hydrogens is 568 g/mol. The van der Waals surface area contributed by atoms with Gasteiger partial charge in [-0.1, -0.05) is 36.4 Å². The van der Waals surface area contributed by atoms with Crippen LogP contribution in [0.3, 0.4) is 0 Å². The van der Waals surface area contributed by atoms with Gasteiger partial charge in [-0.05, 0) is 64.1 Å². The maximum absolute atomic E-state index is 12.8. The van der Waals surface area contributed by atoms with Crippen LogP contribution in [-0.2, 0) is 22.3 Å². The fourth-order valence-corrected chi connectivity index (χ4v) is 7.07. The van der Waals surface area contributed by atoms with E-state index in [4.69, 9.17) is 0 Å². The summed E-state index contributed by atoms with van der Waals surface area (Å²) < 4.78 is 31.3. The fraction of sp³-hybridized carbons (Fsp3) is 0.304. The summed E-state index contributed by atoms with van der Waals surface area (Å²) in [7, 11) is -3.28. The van der Waals surface area contributed by atoms with Gasteiger partial charge in [-0.2, -0.15) is 10.2 Å². The molecule has 0 aliphatic carbocycles. The van der Waals surface area contributed by atoms with Gasteiger partial charge in [-0.3, -0.25) is 4.68 Å². The second kappa shape index (κ2) is 9.82. The third-order valence-corrected chi connectivity index (χ3v) is 9.98. The highest BCUT2D eigenvalue weighted by Crippen LogP contribution is 2.29. The van der Waals surface area contributed by atoms with Crippen molar-refractivity contribution in [2.45, 2.75) is 25.1 Å². The number of piperidine rings is 1. The van der Waals surface area contributed by atoms with E-state index >= 15 is 0 Å². The molecule has 4 aromatic rings. The third kappa shape index (κ3) is 5.16. The summed E-state index contributed by atoms with van der Waals surface area (Å²) in [4.78, 5) is 0. The molecule has 5 rings (SSSR count). The van der Waals surface area contributed by atoms with Crippen molar-refractivity contribution in [1.82, 2.24) is 23.6 Å². The fourth-order valence-electron chi connectivity index (χ4n) is 4.42. The second-order valence-electron chi connectivity index (χ2n) is 8.44. The number of hydrogen-bond acceptors (Lipinski definition) is 4. The lowest BCUT2D eigenvalue weighted by atomic mass is 9.98. The largest absolute Gasteiger partial charge is 0.265 e. The van der Waals surface area contributed by atoms with Crippen LogP contribution in [0, 0.1) is 5.92 Å². The molecule has 0 N–H and O–H groups in total. The number of benzene rings is 2. The molecule has 1 aliphatic rings. The van der Waals surface area contributed by atoms with Crippen LogP contribution in [0.5, 0.6) is 0 Å². The normalized spacial score (nSPS) is 16.3. The standard InChI is InChI=1S/C23H25IN5O2PS/c24-32-29-16-22(14-26-29)20-6-7-23-21(12-20)13-25-28(23)15-18-8-10-27(11-9-18)33(30,31)17-19-4-2-1-3-5-19/h1-7,12-14,16,18,32H,8-11,15,17H2. The van der Waals surface area contributed by atoms with E-state index in [-0.39, 0.29) is 5.75 Å². The highest BCUT2D eigenvalue weighted by Gasteiger charge is 2.28. The third-order valence-electron chi connectivity index (χ3n) is 6.23. The zero-order valence-electron chi connectivity index (χ0n) is 18.0. The maximum atomic E-state index is 12.8. The predicted molar refractivity (Wildman–Crippen MR) is 142 cm³/mol. The van der Waals surface area contributed by atoms with Crippen molar-refractivity contribution in [3.8, 4) is 11.1 Å². The Kier molecular flexibility index (Phi) is 6.83. The van der Waals surface area contributed by atoms with E-state index in [1.807, 2.05) is 47.2 Å². The summed E-state index contributed by atoms with van der Waals surface area (Å²) in [6.07, 6.45) is 8.17. The molecule has 7 nitrogen and oxygen atoms in total. The summed E-state index contributed by atoms with van der Waals surface area (Å²) in [5.74, 6) is 0.487. The smallest absolute Gasteiger partial charge is 0.218 e. The molecule has 0 saturated carbocycles. The minimum Gasteiger partial charge on any atom is -0.265 e. The van der Waals surface area contributed by atoms with E-state index in [1.165, 1.54) is 0 Å². The zero-order valence-corrected chi connectivity index (χ0v) is 22.0. The van der Waals surface area contributed by atoms with Gasteiger partial charge >= 0.3 is 0 Å². The molecule has 10 heteroatoms. The zero-order chi connectivity index (χ0) is 22.8. The second-order valence-corrected chi connectivity index (χ2v) is 12.5. The van der Waals surface area contributed by atoms with Gasteiger partial charge in [0.1, 0.15) is 0 Å². The van der Waals surface area contributed by atoms with Gasteiger partial charge in [0.05, 0.1) is 30.0 Å². The Morgan fingerprint density at radius 3 is 2.52 bits per heavy atom. The Morgan fingerprint density at radius 1 is 1.00 bits per heavy atom. The number of nitrogens with zero attached hydrogens (tertiary/aromatic N) is 5. The van der Waals surface area contributed by atoms with Gasteiger partial charge in [0.15, 0.2) is 0 Å². The number of fused-ring (bicyclic) bond motifs is 1. The average molecular weight is 593 g/mol. The average Bonchev–Trinajstić information content (AvgIpc) is 3.47. The summed E-state index contributed by atoms with van der Waals surface area (Å²) >= 11 is 2.32. The van der Waals surface area contributed by atoms with E-state index in [9.17, 15) is 8.42 Å². The lowest BCUT2D eigenvalue weighted by Crippen LogP contribution is -2.40. The first kappa shape index (κ1) is 23.0. The molecule has 1 saturated heterocycles. The molecular formula is C23H25IN5O2PS. The number of rotatable bonds is 7. The Morgan fingerprint density at radius 2 is 1.79 bits per heavy atom. The lowest BCUT2D eigenvalue weighted by molar-refractivity contribution is 0.249. The Balaban J connectivity index is 1.23. The molecule has 172 valence electrons. The highest BCUT2D eigenvalue weighted by atomic mass is 127. The first-order valence-electron chi connectivity index (χ1n) is 10.9. The van der Waals surface area contributed by atoms with Crippen LogP contribution in [-0.4, -0.2) is 45.1 Å². The highest BCUT2D eigenvalue weighted by molar-refractivity contribution is 14.2. The van der Waals surface area contributed by atoms with Crippen molar-refractivity contribution in [3.63, 3.8) is 0 Å². The van der Waals surface area contributed by atoms with E-state index in [2.05, 4.69) is 61.3 Å². The molecule has 33 heavy (non-hydrogen) atoms. The van der Waals surface area contributed by atoms with E-state index in [0.717, 1.165) is 47.0 Å². The number of sulfonamides is 1. The van der Waals surface area contributed by atoms with Crippen LogP contribution in [0.2, 0.25) is 0 Å². The molecule has 2 aromatic carbocycles. The maximum Gasteiger partial charge on any atom is 0.218 e. The summed E-state index contributed by atoms with van der Waals surface area (Å²) in [5.41, 5.74) is 4.20. The molecule has 0 amide bonds. The summed E-state index contributed by atoms with van der Waals surface area (Å²) in [6.45, 7) is 1.96. The molecule has 1 unspecified atom stereocenters. The summed E-state index contributed by atoms with van der Waals surface area (Å²) in [6, 6.07) is 15.8. The van der Waals surface area contributed by atoms with Crippen molar-refractivity contribution in [2.24, 2.45) is 5.92 Å². The van der Waals surface area contributed by atoms with Gasteiger partial charge in [0.2, 0.25) is 10.0 Å². The van der Waals surface area contributed by atoms with Crippen molar-refractivity contribution >= 4 is 49.3 Å². The molecule has 3 heterocycles. The van der Waals surface area contributed by atoms with Crippen molar-refractivity contribution in [3.05, 3.63) is 72.7 Å². The first-order valence-corrected chi connectivity index (χ1v) is 16.6. The monoisotopic (exact) mass is 593 g/mol.